The van der Waals surface area contributed by atoms with E-state index >= 15 is 0 Å². The molecule has 0 bridgehead atoms. The van der Waals surface area contributed by atoms with Gasteiger partial charge in [-0.15, -0.1) is 17.5 Å². The molecule has 0 heterocycles. The number of benzene rings is 2. The lowest BCUT2D eigenvalue weighted by molar-refractivity contribution is 1.52. The van der Waals surface area contributed by atoms with Crippen LogP contribution in [-0.4, -0.2) is 0 Å². The van der Waals surface area contributed by atoms with Crippen molar-refractivity contribution in [2.45, 2.75) is 6.92 Å². The van der Waals surface area contributed by atoms with Crippen LogP contribution in [0.25, 0.3) is 10.8 Å². The van der Waals surface area contributed by atoms with Crippen LogP contribution in [0.4, 0.5) is 0 Å². The van der Waals surface area contributed by atoms with Gasteiger partial charge >= 0.3 is 0 Å². The van der Waals surface area contributed by atoms with Gasteiger partial charge in [-0.3, -0.25) is 0 Å². The average Bonchev–Trinajstić information content (AvgIpc) is 2.07. The van der Waals surface area contributed by atoms with E-state index in [2.05, 4.69) is 44.2 Å². The van der Waals surface area contributed by atoms with E-state index in [0.29, 0.717) is 0 Å². The van der Waals surface area contributed by atoms with Crippen LogP contribution >= 0.6 is 0 Å². The highest BCUT2D eigenvalue weighted by Crippen LogP contribution is 2.20. The molecule has 2 rings (SSSR count). The van der Waals surface area contributed by atoms with E-state index in [1.54, 1.807) is 0 Å². The molecule has 60 valence electrons. The lowest BCUT2D eigenvalue weighted by atomic mass is 10.0. The van der Waals surface area contributed by atoms with Crippen molar-refractivity contribution in [2.24, 2.45) is 0 Å². The standard InChI is InChI=1S/C12H11/c1-9-5-3-8-12-10(2)6-4-7-11(9)12/h3-8H,1H2,2H3/q-1. The molecule has 0 heteroatoms. The normalized spacial score (nSPS) is 10.4. The van der Waals surface area contributed by atoms with Crippen molar-refractivity contribution < 1.29 is 0 Å². The first-order valence-electron chi connectivity index (χ1n) is 4.09. The average molecular weight is 155 g/mol. The van der Waals surface area contributed by atoms with Gasteiger partial charge in [0.2, 0.25) is 0 Å². The van der Waals surface area contributed by atoms with E-state index in [1.807, 2.05) is 6.07 Å². The lowest BCUT2D eigenvalue weighted by Crippen LogP contribution is -1.80. The van der Waals surface area contributed by atoms with Crippen molar-refractivity contribution in [3.63, 3.8) is 0 Å². The third kappa shape index (κ3) is 0.964. The molecule has 2 aromatic carbocycles. The second-order valence-corrected chi connectivity index (χ2v) is 3.09. The highest BCUT2D eigenvalue weighted by atomic mass is 14.0. The number of fused-ring (bicyclic) bond motifs is 1. The summed E-state index contributed by atoms with van der Waals surface area (Å²) in [6.07, 6.45) is 0. The molecule has 0 amide bonds. The highest BCUT2D eigenvalue weighted by Gasteiger charge is 1.90. The summed E-state index contributed by atoms with van der Waals surface area (Å²) in [5.74, 6) is 0. The molecule has 0 saturated heterocycles. The van der Waals surface area contributed by atoms with Gasteiger partial charge < -0.3 is 0 Å². The quantitative estimate of drug-likeness (QED) is 0.512. The molecule has 0 aliphatic heterocycles. The number of rotatable bonds is 0. The van der Waals surface area contributed by atoms with Crippen molar-refractivity contribution in [1.29, 1.82) is 0 Å². The lowest BCUT2D eigenvalue weighted by Gasteiger charge is -2.10. The molecule has 0 nitrogen and oxygen atoms in total. The maximum atomic E-state index is 3.99. The Morgan fingerprint density at radius 2 is 1.58 bits per heavy atom. The van der Waals surface area contributed by atoms with Crippen LogP contribution in [0.2, 0.25) is 0 Å². The maximum Gasteiger partial charge on any atom is -0.0402 e. The van der Waals surface area contributed by atoms with Crippen LogP contribution in [0, 0.1) is 13.8 Å². The van der Waals surface area contributed by atoms with Gasteiger partial charge in [-0.25, -0.2) is 0 Å². The fourth-order valence-electron chi connectivity index (χ4n) is 1.53. The van der Waals surface area contributed by atoms with E-state index in [-0.39, 0.29) is 0 Å². The Morgan fingerprint density at radius 1 is 0.917 bits per heavy atom. The van der Waals surface area contributed by atoms with E-state index in [1.165, 1.54) is 16.3 Å². The summed E-state index contributed by atoms with van der Waals surface area (Å²) in [7, 11) is 0. The Balaban J connectivity index is 2.94. The Morgan fingerprint density at radius 3 is 2.33 bits per heavy atom. The molecule has 0 unspecified atom stereocenters. The molecular formula is C12H11-. The van der Waals surface area contributed by atoms with Gasteiger partial charge in [-0.2, -0.15) is 18.6 Å². The van der Waals surface area contributed by atoms with Crippen LogP contribution < -0.4 is 0 Å². The number of hydrogen-bond donors (Lipinski definition) is 0. The molecule has 0 aliphatic carbocycles. The summed E-state index contributed by atoms with van der Waals surface area (Å²) < 4.78 is 0. The predicted octanol–water partition coefficient (Wildman–Crippen LogP) is 3.33. The summed E-state index contributed by atoms with van der Waals surface area (Å²) in [6, 6.07) is 12.6. The third-order valence-corrected chi connectivity index (χ3v) is 2.23. The van der Waals surface area contributed by atoms with E-state index in [4.69, 9.17) is 0 Å². The first-order chi connectivity index (χ1) is 5.79. The van der Waals surface area contributed by atoms with Gasteiger partial charge in [0.15, 0.2) is 0 Å². The molecule has 0 N–H and O–H groups in total. The molecule has 12 heavy (non-hydrogen) atoms. The summed E-state index contributed by atoms with van der Waals surface area (Å²) in [6.45, 7) is 6.12. The topological polar surface area (TPSA) is 0 Å². The fraction of sp³-hybridized carbons (Fsp3) is 0.0833. The smallest absolute Gasteiger partial charge is 0.0402 e. The predicted molar refractivity (Wildman–Crippen MR) is 53.1 cm³/mol. The third-order valence-electron chi connectivity index (χ3n) is 2.23. The highest BCUT2D eigenvalue weighted by molar-refractivity contribution is 5.88. The Kier molecular flexibility index (Phi) is 1.54. The van der Waals surface area contributed by atoms with Crippen molar-refractivity contribution in [3.8, 4) is 0 Å². The summed E-state index contributed by atoms with van der Waals surface area (Å²) >= 11 is 0. The van der Waals surface area contributed by atoms with Crippen molar-refractivity contribution in [3.05, 3.63) is 54.4 Å². The molecular weight excluding hydrogens is 144 g/mol. The molecule has 0 atom stereocenters. The van der Waals surface area contributed by atoms with Gasteiger partial charge in [0.1, 0.15) is 0 Å². The number of hydrogen-bond acceptors (Lipinski definition) is 0. The van der Waals surface area contributed by atoms with Crippen molar-refractivity contribution in [1.82, 2.24) is 0 Å². The summed E-state index contributed by atoms with van der Waals surface area (Å²) in [4.78, 5) is 0. The van der Waals surface area contributed by atoms with Gasteiger partial charge in [0.25, 0.3) is 0 Å². The van der Waals surface area contributed by atoms with Crippen LogP contribution in [0.5, 0.6) is 0 Å². The Labute approximate surface area is 72.8 Å². The molecule has 0 spiro atoms. The zero-order valence-electron chi connectivity index (χ0n) is 7.17. The fourth-order valence-corrected chi connectivity index (χ4v) is 1.53. The van der Waals surface area contributed by atoms with Crippen LogP contribution in [0.1, 0.15) is 11.1 Å². The minimum absolute atomic E-state index is 1.11. The van der Waals surface area contributed by atoms with Crippen LogP contribution in [0.3, 0.4) is 0 Å². The van der Waals surface area contributed by atoms with E-state index in [0.717, 1.165) is 5.56 Å². The largest absolute Gasteiger partial charge is 0.198 e. The molecule has 2 aromatic rings. The summed E-state index contributed by atoms with van der Waals surface area (Å²) in [5.41, 5.74) is 2.43. The SMILES string of the molecule is [CH2-]c1cccc2c(C)cccc12. The zero-order chi connectivity index (χ0) is 8.55. The first-order valence-corrected chi connectivity index (χ1v) is 4.09. The maximum absolute atomic E-state index is 3.99. The van der Waals surface area contributed by atoms with Gasteiger partial charge in [-0.05, 0) is 6.92 Å². The van der Waals surface area contributed by atoms with Gasteiger partial charge in [0, 0.05) is 0 Å². The van der Waals surface area contributed by atoms with E-state index in [9.17, 15) is 0 Å². The van der Waals surface area contributed by atoms with Gasteiger partial charge in [-0.1, -0.05) is 29.1 Å². The molecule has 0 radical (unpaired) electrons. The molecule has 0 aromatic heterocycles. The minimum atomic E-state index is 1.11. The zero-order valence-corrected chi connectivity index (χ0v) is 7.17. The van der Waals surface area contributed by atoms with Crippen LogP contribution in [0.15, 0.2) is 36.4 Å². The van der Waals surface area contributed by atoms with Crippen LogP contribution in [-0.2, 0) is 0 Å². The van der Waals surface area contributed by atoms with E-state index < -0.39 is 0 Å². The second-order valence-electron chi connectivity index (χ2n) is 3.09. The second kappa shape index (κ2) is 2.56. The first kappa shape index (κ1) is 7.23. The Hall–Kier alpha value is -1.43. The Bertz CT molecular complexity index is 372. The number of aryl methyl sites for hydroxylation is 1. The minimum Gasteiger partial charge on any atom is -0.198 e. The van der Waals surface area contributed by atoms with Crippen molar-refractivity contribution >= 4 is 10.8 Å². The molecule has 0 saturated carbocycles. The molecule has 0 aliphatic rings. The summed E-state index contributed by atoms with van der Waals surface area (Å²) in [5, 5.41) is 2.57. The monoisotopic (exact) mass is 155 g/mol. The van der Waals surface area contributed by atoms with Gasteiger partial charge in [0.05, 0.1) is 0 Å². The van der Waals surface area contributed by atoms with Crippen molar-refractivity contribution in [2.75, 3.05) is 0 Å². The molecule has 0 fully saturated rings.